The van der Waals surface area contributed by atoms with Crippen LogP contribution in [0.4, 0.5) is 0 Å². The van der Waals surface area contributed by atoms with Crippen LogP contribution in [0.15, 0.2) is 0 Å². The lowest BCUT2D eigenvalue weighted by Gasteiger charge is -2.34. The van der Waals surface area contributed by atoms with E-state index in [0.717, 1.165) is 30.8 Å². The highest BCUT2D eigenvalue weighted by Gasteiger charge is 2.24. The van der Waals surface area contributed by atoms with E-state index in [2.05, 4.69) is 9.88 Å². The van der Waals surface area contributed by atoms with Gasteiger partial charge in [0.05, 0.1) is 18.8 Å². The van der Waals surface area contributed by atoms with Gasteiger partial charge in [0.2, 0.25) is 0 Å². The number of aliphatic hydroxyl groups is 1. The number of likely N-dealkylation sites (tertiary alicyclic amines) is 1. The molecule has 1 aliphatic heterocycles. The lowest BCUT2D eigenvalue weighted by molar-refractivity contribution is 0.0697. The molecule has 0 saturated carbocycles. The SMILES string of the molecule is COCc1nc(CN2CCCCC2CCO)sc1C(=O)O. The van der Waals surface area contributed by atoms with Crippen molar-refractivity contribution in [1.29, 1.82) is 0 Å². The Morgan fingerprint density at radius 2 is 2.33 bits per heavy atom. The molecule has 118 valence electrons. The quantitative estimate of drug-likeness (QED) is 0.797. The number of carboxylic acid groups (broad SMARTS) is 1. The molecule has 0 bridgehead atoms. The molecule has 0 amide bonds. The minimum absolute atomic E-state index is 0.189. The fourth-order valence-corrected chi connectivity index (χ4v) is 3.72. The van der Waals surface area contributed by atoms with Crippen molar-refractivity contribution < 1.29 is 19.7 Å². The first-order valence-corrected chi connectivity index (χ1v) is 8.03. The zero-order chi connectivity index (χ0) is 15.2. The number of ether oxygens (including phenoxy) is 1. The molecule has 0 spiro atoms. The number of hydrogen-bond acceptors (Lipinski definition) is 6. The summed E-state index contributed by atoms with van der Waals surface area (Å²) in [5.74, 6) is -0.948. The van der Waals surface area contributed by atoms with E-state index >= 15 is 0 Å². The molecular formula is C14H22N2O4S. The summed E-state index contributed by atoms with van der Waals surface area (Å²) in [6.07, 6.45) is 4.18. The third-order valence-corrected chi connectivity index (χ3v) is 4.84. The number of piperidine rings is 1. The highest BCUT2D eigenvalue weighted by Crippen LogP contribution is 2.25. The summed E-state index contributed by atoms with van der Waals surface area (Å²) in [6.45, 7) is 2.04. The van der Waals surface area contributed by atoms with Crippen LogP contribution in [0.3, 0.4) is 0 Å². The van der Waals surface area contributed by atoms with Gasteiger partial charge in [0.25, 0.3) is 0 Å². The van der Waals surface area contributed by atoms with Gasteiger partial charge in [-0.1, -0.05) is 6.42 Å². The van der Waals surface area contributed by atoms with Gasteiger partial charge in [-0.3, -0.25) is 4.90 Å². The van der Waals surface area contributed by atoms with Crippen molar-refractivity contribution in [2.75, 3.05) is 20.3 Å². The average Bonchev–Trinajstić information content (AvgIpc) is 2.85. The smallest absolute Gasteiger partial charge is 0.347 e. The molecule has 2 heterocycles. The Hall–Kier alpha value is -1.02. The Kier molecular flexibility index (Phi) is 6.10. The maximum atomic E-state index is 11.2. The van der Waals surface area contributed by atoms with Crippen LogP contribution in [0.5, 0.6) is 0 Å². The normalized spacial score (nSPS) is 19.8. The van der Waals surface area contributed by atoms with Crippen LogP contribution in [0, 0.1) is 0 Å². The number of aliphatic hydroxyl groups excluding tert-OH is 1. The number of aromatic carboxylic acids is 1. The monoisotopic (exact) mass is 314 g/mol. The Labute approximate surface area is 128 Å². The molecule has 1 aromatic heterocycles. The Balaban J connectivity index is 2.10. The van der Waals surface area contributed by atoms with Gasteiger partial charge in [0, 0.05) is 19.8 Å². The predicted octanol–water partition coefficient (Wildman–Crippen LogP) is 1.72. The Bertz CT molecular complexity index is 476. The highest BCUT2D eigenvalue weighted by atomic mass is 32.1. The molecule has 0 aromatic carbocycles. The second kappa shape index (κ2) is 7.84. The molecule has 1 unspecified atom stereocenters. The van der Waals surface area contributed by atoms with Crippen LogP contribution in [-0.2, 0) is 17.9 Å². The van der Waals surface area contributed by atoms with Crippen LogP contribution >= 0.6 is 11.3 Å². The third-order valence-electron chi connectivity index (χ3n) is 3.77. The van der Waals surface area contributed by atoms with Gasteiger partial charge in [-0.15, -0.1) is 11.3 Å². The van der Waals surface area contributed by atoms with E-state index in [0.29, 0.717) is 18.3 Å². The number of carboxylic acids is 1. The minimum atomic E-state index is -0.948. The number of aromatic nitrogens is 1. The average molecular weight is 314 g/mol. The van der Waals surface area contributed by atoms with E-state index in [1.165, 1.54) is 24.9 Å². The molecule has 1 aliphatic rings. The largest absolute Gasteiger partial charge is 0.477 e. The van der Waals surface area contributed by atoms with Crippen LogP contribution in [0.25, 0.3) is 0 Å². The summed E-state index contributed by atoms with van der Waals surface area (Å²) in [5, 5.41) is 19.2. The van der Waals surface area contributed by atoms with Gasteiger partial charge in [0.1, 0.15) is 9.88 Å². The first kappa shape index (κ1) is 16.4. The molecule has 1 fully saturated rings. The van der Waals surface area contributed by atoms with E-state index in [-0.39, 0.29) is 18.1 Å². The first-order chi connectivity index (χ1) is 10.2. The maximum Gasteiger partial charge on any atom is 0.347 e. The van der Waals surface area contributed by atoms with Crippen molar-refractivity contribution in [2.24, 2.45) is 0 Å². The Morgan fingerprint density at radius 1 is 1.52 bits per heavy atom. The molecule has 0 radical (unpaired) electrons. The molecule has 0 aliphatic carbocycles. The topological polar surface area (TPSA) is 82.9 Å². The van der Waals surface area contributed by atoms with E-state index in [9.17, 15) is 9.90 Å². The summed E-state index contributed by atoms with van der Waals surface area (Å²) >= 11 is 1.23. The molecule has 6 nitrogen and oxygen atoms in total. The Morgan fingerprint density at radius 3 is 3.00 bits per heavy atom. The first-order valence-electron chi connectivity index (χ1n) is 7.21. The number of thiazole rings is 1. The van der Waals surface area contributed by atoms with Gasteiger partial charge in [-0.25, -0.2) is 9.78 Å². The van der Waals surface area contributed by atoms with Crippen molar-refractivity contribution >= 4 is 17.3 Å². The van der Waals surface area contributed by atoms with Crippen LogP contribution in [0.1, 0.15) is 46.1 Å². The maximum absolute atomic E-state index is 11.2. The summed E-state index contributed by atoms with van der Waals surface area (Å²) in [5.41, 5.74) is 0.501. The van der Waals surface area contributed by atoms with E-state index in [1.54, 1.807) is 0 Å². The number of rotatable bonds is 7. The summed E-state index contributed by atoms with van der Waals surface area (Å²) in [6, 6.07) is 0.367. The van der Waals surface area contributed by atoms with Crippen molar-refractivity contribution in [1.82, 2.24) is 9.88 Å². The van der Waals surface area contributed by atoms with Gasteiger partial charge in [-0.2, -0.15) is 0 Å². The van der Waals surface area contributed by atoms with E-state index in [1.807, 2.05) is 0 Å². The van der Waals surface area contributed by atoms with Crippen molar-refractivity contribution in [3.8, 4) is 0 Å². The molecule has 1 aromatic rings. The van der Waals surface area contributed by atoms with Gasteiger partial charge < -0.3 is 14.9 Å². The van der Waals surface area contributed by atoms with Gasteiger partial charge >= 0.3 is 5.97 Å². The number of methoxy groups -OCH3 is 1. The van der Waals surface area contributed by atoms with E-state index < -0.39 is 5.97 Å². The molecular weight excluding hydrogens is 292 g/mol. The van der Waals surface area contributed by atoms with Gasteiger partial charge in [-0.05, 0) is 25.8 Å². The molecule has 7 heteroatoms. The fraction of sp³-hybridized carbons (Fsp3) is 0.714. The lowest BCUT2D eigenvalue weighted by Crippen LogP contribution is -2.39. The zero-order valence-electron chi connectivity index (χ0n) is 12.2. The number of nitrogens with zero attached hydrogens (tertiary/aromatic N) is 2. The standard InChI is InChI=1S/C14H22N2O4S/c1-20-9-11-13(14(18)19)21-12(15-11)8-16-6-3-2-4-10(16)5-7-17/h10,17H,2-9H2,1H3,(H,18,19). The van der Waals surface area contributed by atoms with Crippen molar-refractivity contribution in [2.45, 2.75) is 44.9 Å². The second-order valence-corrected chi connectivity index (χ2v) is 6.34. The molecule has 21 heavy (non-hydrogen) atoms. The van der Waals surface area contributed by atoms with Crippen LogP contribution in [-0.4, -0.2) is 52.4 Å². The van der Waals surface area contributed by atoms with Crippen molar-refractivity contribution in [3.63, 3.8) is 0 Å². The molecule has 1 atom stereocenters. The summed E-state index contributed by atoms with van der Waals surface area (Å²) in [4.78, 5) is 18.2. The summed E-state index contributed by atoms with van der Waals surface area (Å²) < 4.78 is 5.02. The fourth-order valence-electron chi connectivity index (χ4n) is 2.79. The molecule has 2 N–H and O–H groups in total. The second-order valence-electron chi connectivity index (χ2n) is 5.25. The number of carbonyl (C=O) groups is 1. The lowest BCUT2D eigenvalue weighted by atomic mass is 10.00. The molecule has 1 saturated heterocycles. The number of hydrogen-bond donors (Lipinski definition) is 2. The third kappa shape index (κ3) is 4.23. The van der Waals surface area contributed by atoms with Gasteiger partial charge in [0.15, 0.2) is 0 Å². The van der Waals surface area contributed by atoms with Crippen LogP contribution in [0.2, 0.25) is 0 Å². The zero-order valence-corrected chi connectivity index (χ0v) is 13.1. The highest BCUT2D eigenvalue weighted by molar-refractivity contribution is 7.13. The van der Waals surface area contributed by atoms with Crippen molar-refractivity contribution in [3.05, 3.63) is 15.6 Å². The van der Waals surface area contributed by atoms with Crippen LogP contribution < -0.4 is 0 Å². The van der Waals surface area contributed by atoms with E-state index in [4.69, 9.17) is 9.84 Å². The molecule has 2 rings (SSSR count). The predicted molar refractivity (Wildman–Crippen MR) is 79.5 cm³/mol. The summed E-state index contributed by atoms with van der Waals surface area (Å²) in [7, 11) is 1.53. The minimum Gasteiger partial charge on any atom is -0.477 e.